The Labute approximate surface area is 87.8 Å². The second kappa shape index (κ2) is 4.01. The van der Waals surface area contributed by atoms with Gasteiger partial charge in [0.1, 0.15) is 5.75 Å². The van der Waals surface area contributed by atoms with Crippen LogP contribution >= 0.6 is 11.6 Å². The molecule has 3 heteroatoms. The zero-order chi connectivity index (χ0) is 9.97. The molecule has 1 aromatic rings. The van der Waals surface area contributed by atoms with Gasteiger partial charge in [-0.3, -0.25) is 4.79 Å². The predicted molar refractivity (Wildman–Crippen MR) is 55.1 cm³/mol. The van der Waals surface area contributed by atoms with Crippen molar-refractivity contribution in [3.8, 4) is 5.75 Å². The van der Waals surface area contributed by atoms with Gasteiger partial charge < -0.3 is 4.74 Å². The molecule has 0 bridgehead atoms. The summed E-state index contributed by atoms with van der Waals surface area (Å²) in [6.07, 6.45) is 3.27. The van der Waals surface area contributed by atoms with Crippen molar-refractivity contribution in [1.82, 2.24) is 0 Å². The fourth-order valence-electron chi connectivity index (χ4n) is 1.19. The number of halogens is 1. The summed E-state index contributed by atoms with van der Waals surface area (Å²) in [4.78, 5) is 10.5. The number of hydrogen-bond donors (Lipinski definition) is 0. The van der Waals surface area contributed by atoms with Crippen molar-refractivity contribution in [3.05, 3.63) is 28.8 Å². The van der Waals surface area contributed by atoms with Gasteiger partial charge >= 0.3 is 0 Å². The van der Waals surface area contributed by atoms with E-state index in [-0.39, 0.29) is 0 Å². The molecule has 0 N–H and O–H groups in total. The number of rotatable bonds is 4. The lowest BCUT2D eigenvalue weighted by atomic mass is 10.2. The molecule has 0 aromatic heterocycles. The van der Waals surface area contributed by atoms with Crippen molar-refractivity contribution < 1.29 is 9.53 Å². The van der Waals surface area contributed by atoms with Gasteiger partial charge in [0.2, 0.25) is 0 Å². The number of aldehydes is 1. The molecular formula is C11H11ClO2. The Kier molecular flexibility index (Phi) is 2.73. The van der Waals surface area contributed by atoms with Crippen LogP contribution in [0.4, 0.5) is 0 Å². The highest BCUT2D eigenvalue weighted by Gasteiger charge is 2.21. The van der Waals surface area contributed by atoms with E-state index in [2.05, 4.69) is 0 Å². The number of carbonyl (C=O) groups is 1. The summed E-state index contributed by atoms with van der Waals surface area (Å²) in [5.74, 6) is 1.46. The summed E-state index contributed by atoms with van der Waals surface area (Å²) in [6, 6.07) is 5.14. The van der Waals surface area contributed by atoms with Crippen LogP contribution < -0.4 is 4.74 Å². The van der Waals surface area contributed by atoms with Crippen molar-refractivity contribution in [3.63, 3.8) is 0 Å². The Morgan fingerprint density at radius 3 is 2.86 bits per heavy atom. The number of benzene rings is 1. The minimum absolute atomic E-state index is 0.452. The van der Waals surface area contributed by atoms with Crippen molar-refractivity contribution in [2.45, 2.75) is 12.8 Å². The van der Waals surface area contributed by atoms with Crippen LogP contribution in [0.1, 0.15) is 23.2 Å². The number of carbonyl (C=O) groups excluding carboxylic acids is 1. The van der Waals surface area contributed by atoms with Crippen LogP contribution in [0.25, 0.3) is 0 Å². The van der Waals surface area contributed by atoms with E-state index in [0.717, 1.165) is 24.6 Å². The normalized spacial score (nSPS) is 15.2. The highest BCUT2D eigenvalue weighted by atomic mass is 35.5. The zero-order valence-corrected chi connectivity index (χ0v) is 8.46. The minimum Gasteiger partial charge on any atom is -0.493 e. The van der Waals surface area contributed by atoms with Gasteiger partial charge in [0.05, 0.1) is 11.6 Å². The van der Waals surface area contributed by atoms with E-state index in [1.807, 2.05) is 0 Å². The predicted octanol–water partition coefficient (Wildman–Crippen LogP) is 2.94. The maximum Gasteiger partial charge on any atom is 0.151 e. The van der Waals surface area contributed by atoms with Crippen LogP contribution in [-0.4, -0.2) is 12.9 Å². The van der Waals surface area contributed by atoms with Gasteiger partial charge in [-0.2, -0.15) is 0 Å². The first kappa shape index (κ1) is 9.53. The van der Waals surface area contributed by atoms with Crippen LogP contribution in [0.3, 0.4) is 0 Å². The SMILES string of the molecule is O=Cc1ccc(OCC2CC2)cc1Cl. The topological polar surface area (TPSA) is 26.3 Å². The van der Waals surface area contributed by atoms with Crippen molar-refractivity contribution in [2.75, 3.05) is 6.61 Å². The quantitative estimate of drug-likeness (QED) is 0.715. The van der Waals surface area contributed by atoms with Crippen LogP contribution in [0, 0.1) is 5.92 Å². The molecule has 2 rings (SSSR count). The summed E-state index contributed by atoms with van der Waals surface area (Å²) < 4.78 is 5.51. The zero-order valence-electron chi connectivity index (χ0n) is 7.70. The molecule has 0 radical (unpaired) electrons. The minimum atomic E-state index is 0.452. The standard InChI is InChI=1S/C11H11ClO2/c12-11-5-10(4-3-9(11)6-13)14-7-8-1-2-8/h3-6,8H,1-2,7H2. The van der Waals surface area contributed by atoms with E-state index in [9.17, 15) is 4.79 Å². The highest BCUT2D eigenvalue weighted by Crippen LogP contribution is 2.30. The maximum absolute atomic E-state index is 10.5. The van der Waals surface area contributed by atoms with Gasteiger partial charge in [0, 0.05) is 5.56 Å². The Hall–Kier alpha value is -1.02. The first-order valence-electron chi connectivity index (χ1n) is 4.67. The second-order valence-electron chi connectivity index (χ2n) is 3.56. The third kappa shape index (κ3) is 2.26. The lowest BCUT2D eigenvalue weighted by molar-refractivity contribution is 0.112. The summed E-state index contributed by atoms with van der Waals surface area (Å²) in [5, 5.41) is 0.452. The van der Waals surface area contributed by atoms with E-state index in [1.54, 1.807) is 18.2 Å². The van der Waals surface area contributed by atoms with Gasteiger partial charge in [-0.05, 0) is 37.0 Å². The monoisotopic (exact) mass is 210 g/mol. The van der Waals surface area contributed by atoms with Gasteiger partial charge in [-0.1, -0.05) is 11.6 Å². The molecule has 1 aliphatic rings. The average Bonchev–Trinajstić information content (AvgIpc) is 2.98. The molecule has 2 nitrogen and oxygen atoms in total. The molecule has 1 aliphatic carbocycles. The average molecular weight is 211 g/mol. The molecule has 0 amide bonds. The number of ether oxygens (including phenoxy) is 1. The van der Waals surface area contributed by atoms with E-state index < -0.39 is 0 Å². The Morgan fingerprint density at radius 2 is 2.29 bits per heavy atom. The molecule has 0 spiro atoms. The second-order valence-corrected chi connectivity index (χ2v) is 3.96. The fraction of sp³-hybridized carbons (Fsp3) is 0.364. The van der Waals surface area contributed by atoms with Crippen molar-refractivity contribution >= 4 is 17.9 Å². The maximum atomic E-state index is 10.5. The molecule has 0 unspecified atom stereocenters. The molecule has 0 saturated heterocycles. The molecule has 74 valence electrons. The Bertz CT molecular complexity index is 345. The third-order valence-corrected chi connectivity index (χ3v) is 2.61. The summed E-state index contributed by atoms with van der Waals surface area (Å²) in [6.45, 7) is 0.761. The molecule has 0 heterocycles. The Morgan fingerprint density at radius 1 is 1.50 bits per heavy atom. The molecule has 1 aromatic carbocycles. The summed E-state index contributed by atoms with van der Waals surface area (Å²) in [5.41, 5.74) is 0.505. The first-order chi connectivity index (χ1) is 6.79. The highest BCUT2D eigenvalue weighted by molar-refractivity contribution is 6.33. The molecular weight excluding hydrogens is 200 g/mol. The molecule has 14 heavy (non-hydrogen) atoms. The van der Waals surface area contributed by atoms with Crippen molar-refractivity contribution in [2.24, 2.45) is 5.92 Å². The van der Waals surface area contributed by atoms with Crippen LogP contribution in [0.5, 0.6) is 5.75 Å². The van der Waals surface area contributed by atoms with Gasteiger partial charge in [0.25, 0.3) is 0 Å². The van der Waals surface area contributed by atoms with Crippen LogP contribution in [0.2, 0.25) is 5.02 Å². The Balaban J connectivity index is 2.02. The molecule has 0 atom stereocenters. The van der Waals surface area contributed by atoms with Crippen LogP contribution in [0.15, 0.2) is 18.2 Å². The third-order valence-electron chi connectivity index (χ3n) is 2.28. The summed E-state index contributed by atoms with van der Waals surface area (Å²) in [7, 11) is 0. The lowest BCUT2D eigenvalue weighted by Gasteiger charge is -2.05. The lowest BCUT2D eigenvalue weighted by Crippen LogP contribution is -1.99. The summed E-state index contributed by atoms with van der Waals surface area (Å²) >= 11 is 5.85. The van der Waals surface area contributed by atoms with Crippen LogP contribution in [-0.2, 0) is 0 Å². The van der Waals surface area contributed by atoms with Gasteiger partial charge in [-0.25, -0.2) is 0 Å². The smallest absolute Gasteiger partial charge is 0.151 e. The van der Waals surface area contributed by atoms with E-state index in [0.29, 0.717) is 10.6 Å². The molecule has 1 fully saturated rings. The fourth-order valence-corrected chi connectivity index (χ4v) is 1.41. The largest absolute Gasteiger partial charge is 0.493 e. The van der Waals surface area contributed by atoms with E-state index >= 15 is 0 Å². The van der Waals surface area contributed by atoms with E-state index in [1.165, 1.54) is 12.8 Å². The molecule has 0 aliphatic heterocycles. The number of hydrogen-bond acceptors (Lipinski definition) is 2. The van der Waals surface area contributed by atoms with Crippen molar-refractivity contribution in [1.29, 1.82) is 0 Å². The van der Waals surface area contributed by atoms with Gasteiger partial charge in [0.15, 0.2) is 6.29 Å². The molecule has 1 saturated carbocycles. The van der Waals surface area contributed by atoms with E-state index in [4.69, 9.17) is 16.3 Å². The first-order valence-corrected chi connectivity index (χ1v) is 5.05. The van der Waals surface area contributed by atoms with Gasteiger partial charge in [-0.15, -0.1) is 0 Å².